The smallest absolute Gasteiger partial charge is 0.322 e. The molecule has 1 aliphatic rings. The molecule has 6 nitrogen and oxygen atoms in total. The van der Waals surface area contributed by atoms with Gasteiger partial charge in [-0.25, -0.2) is 4.79 Å². The lowest BCUT2D eigenvalue weighted by Gasteiger charge is -2.35. The molecule has 0 fully saturated rings. The average molecular weight is 315 g/mol. The highest BCUT2D eigenvalue weighted by Crippen LogP contribution is 2.31. The van der Waals surface area contributed by atoms with Crippen LogP contribution in [0.15, 0.2) is 36.5 Å². The lowest BCUT2D eigenvalue weighted by atomic mass is 10.1. The molecule has 122 valence electrons. The minimum atomic E-state index is -0.142. The Morgan fingerprint density at radius 2 is 2.04 bits per heavy atom. The molecule has 23 heavy (non-hydrogen) atoms. The molecule has 1 atom stereocenters. The summed E-state index contributed by atoms with van der Waals surface area (Å²) in [7, 11) is 3.17. The first-order valence-electron chi connectivity index (χ1n) is 7.58. The molecular formula is C17H21N3O3. The van der Waals surface area contributed by atoms with Crippen molar-refractivity contribution >= 4 is 11.7 Å². The van der Waals surface area contributed by atoms with Gasteiger partial charge in [-0.1, -0.05) is 0 Å². The van der Waals surface area contributed by atoms with E-state index in [0.717, 1.165) is 12.2 Å². The zero-order valence-corrected chi connectivity index (χ0v) is 13.6. The van der Waals surface area contributed by atoms with E-state index in [9.17, 15) is 4.79 Å². The summed E-state index contributed by atoms with van der Waals surface area (Å²) in [5, 5.41) is 2.93. The van der Waals surface area contributed by atoms with Crippen LogP contribution in [0.4, 0.5) is 10.5 Å². The van der Waals surface area contributed by atoms with Crippen LogP contribution in [0.5, 0.6) is 11.5 Å². The number of fused-ring (bicyclic) bond motifs is 1. The van der Waals surface area contributed by atoms with Crippen molar-refractivity contribution in [2.24, 2.45) is 0 Å². The number of benzene rings is 1. The van der Waals surface area contributed by atoms with Gasteiger partial charge in [-0.15, -0.1) is 0 Å². The summed E-state index contributed by atoms with van der Waals surface area (Å²) in [6, 6.07) is 9.28. The van der Waals surface area contributed by atoms with E-state index in [1.165, 1.54) is 0 Å². The zero-order valence-electron chi connectivity index (χ0n) is 13.6. The Kier molecular flexibility index (Phi) is 4.14. The molecule has 1 aliphatic heterocycles. The highest BCUT2D eigenvalue weighted by Gasteiger charge is 2.27. The van der Waals surface area contributed by atoms with Crippen LogP contribution < -0.4 is 14.8 Å². The van der Waals surface area contributed by atoms with Crippen molar-refractivity contribution in [3.63, 3.8) is 0 Å². The number of ether oxygens (including phenoxy) is 2. The Labute approximate surface area is 135 Å². The Bertz CT molecular complexity index is 711. The molecule has 0 aliphatic carbocycles. The third-order valence-corrected chi connectivity index (χ3v) is 4.25. The van der Waals surface area contributed by atoms with E-state index in [0.29, 0.717) is 23.7 Å². The Balaban J connectivity index is 1.80. The number of methoxy groups -OCH3 is 2. The predicted molar refractivity (Wildman–Crippen MR) is 88.1 cm³/mol. The summed E-state index contributed by atoms with van der Waals surface area (Å²) in [6.07, 6.45) is 2.05. The Morgan fingerprint density at radius 1 is 1.22 bits per heavy atom. The number of rotatable bonds is 3. The molecule has 2 amide bonds. The lowest BCUT2D eigenvalue weighted by Crippen LogP contribution is -2.43. The molecule has 1 unspecified atom stereocenters. The first-order chi connectivity index (χ1) is 11.1. The van der Waals surface area contributed by atoms with Gasteiger partial charge in [-0.2, -0.15) is 0 Å². The van der Waals surface area contributed by atoms with Crippen LogP contribution in [0.25, 0.3) is 0 Å². The fourth-order valence-corrected chi connectivity index (χ4v) is 2.96. The third-order valence-electron chi connectivity index (χ3n) is 4.25. The van der Waals surface area contributed by atoms with Gasteiger partial charge in [0.05, 0.1) is 25.9 Å². The maximum absolute atomic E-state index is 12.7. The number of hydrogen-bond donors (Lipinski definition) is 1. The van der Waals surface area contributed by atoms with Gasteiger partial charge in [0.15, 0.2) is 0 Å². The molecule has 2 aromatic rings. The molecule has 1 aromatic carbocycles. The third kappa shape index (κ3) is 2.84. The molecule has 3 rings (SSSR count). The maximum Gasteiger partial charge on any atom is 0.322 e. The van der Waals surface area contributed by atoms with Crippen LogP contribution in [0, 0.1) is 0 Å². The van der Waals surface area contributed by atoms with Crippen LogP contribution in [-0.2, 0) is 6.54 Å². The molecule has 0 saturated carbocycles. The maximum atomic E-state index is 12.7. The van der Waals surface area contributed by atoms with Gasteiger partial charge in [0.2, 0.25) is 0 Å². The summed E-state index contributed by atoms with van der Waals surface area (Å²) in [5.41, 5.74) is 1.74. The van der Waals surface area contributed by atoms with Crippen LogP contribution in [0.2, 0.25) is 0 Å². The summed E-state index contributed by atoms with van der Waals surface area (Å²) in [6.45, 7) is 3.50. The lowest BCUT2D eigenvalue weighted by molar-refractivity contribution is 0.175. The Hall–Kier alpha value is -2.63. The molecule has 0 spiro atoms. The predicted octanol–water partition coefficient (Wildman–Crippen LogP) is 3.11. The molecule has 0 bridgehead atoms. The Morgan fingerprint density at radius 3 is 2.78 bits per heavy atom. The van der Waals surface area contributed by atoms with Crippen LogP contribution in [0.3, 0.4) is 0 Å². The van der Waals surface area contributed by atoms with E-state index >= 15 is 0 Å². The van der Waals surface area contributed by atoms with Gasteiger partial charge in [-0.05, 0) is 31.2 Å². The minimum absolute atomic E-state index is 0.0235. The number of anilines is 1. The number of nitrogens with one attached hydrogen (secondary N) is 1. The number of carbonyl (C=O) groups is 1. The van der Waals surface area contributed by atoms with E-state index < -0.39 is 0 Å². The molecule has 6 heteroatoms. The zero-order chi connectivity index (χ0) is 16.4. The largest absolute Gasteiger partial charge is 0.497 e. The molecule has 0 radical (unpaired) electrons. The number of amides is 2. The fraction of sp³-hybridized carbons (Fsp3) is 0.353. The number of aromatic nitrogens is 1. The van der Waals surface area contributed by atoms with Crippen molar-refractivity contribution in [1.82, 2.24) is 9.47 Å². The van der Waals surface area contributed by atoms with Crippen molar-refractivity contribution < 1.29 is 14.3 Å². The van der Waals surface area contributed by atoms with Crippen molar-refractivity contribution in [2.45, 2.75) is 19.5 Å². The molecule has 2 heterocycles. The van der Waals surface area contributed by atoms with E-state index in [1.807, 2.05) is 24.1 Å². The molecule has 1 aromatic heterocycles. The first kappa shape index (κ1) is 15.3. The van der Waals surface area contributed by atoms with Gasteiger partial charge in [0.1, 0.15) is 11.5 Å². The van der Waals surface area contributed by atoms with Crippen molar-refractivity contribution in [2.75, 3.05) is 26.1 Å². The van der Waals surface area contributed by atoms with E-state index in [-0.39, 0.29) is 12.1 Å². The van der Waals surface area contributed by atoms with E-state index in [4.69, 9.17) is 9.47 Å². The van der Waals surface area contributed by atoms with Crippen molar-refractivity contribution in [3.8, 4) is 11.5 Å². The SMILES string of the molecule is COc1ccc(OC)c(NC(=O)N2CCn3cccc3C2C)c1. The number of urea groups is 1. The fourth-order valence-electron chi connectivity index (χ4n) is 2.96. The number of nitrogens with zero attached hydrogens (tertiary/aromatic N) is 2. The van der Waals surface area contributed by atoms with Crippen LogP contribution in [0.1, 0.15) is 18.7 Å². The monoisotopic (exact) mass is 315 g/mol. The van der Waals surface area contributed by atoms with E-state index in [1.54, 1.807) is 32.4 Å². The van der Waals surface area contributed by atoms with Gasteiger partial charge in [-0.3, -0.25) is 0 Å². The summed E-state index contributed by atoms with van der Waals surface area (Å²) in [5.74, 6) is 1.27. The normalized spacial score (nSPS) is 16.7. The average Bonchev–Trinajstić information content (AvgIpc) is 3.04. The second-order valence-electron chi connectivity index (χ2n) is 5.49. The van der Waals surface area contributed by atoms with Crippen molar-refractivity contribution in [1.29, 1.82) is 0 Å². The highest BCUT2D eigenvalue weighted by molar-refractivity contribution is 5.91. The van der Waals surface area contributed by atoms with Crippen LogP contribution >= 0.6 is 0 Å². The summed E-state index contributed by atoms with van der Waals surface area (Å²) >= 11 is 0. The molecular weight excluding hydrogens is 294 g/mol. The van der Waals surface area contributed by atoms with Gasteiger partial charge in [0.25, 0.3) is 0 Å². The quantitative estimate of drug-likeness (QED) is 0.947. The van der Waals surface area contributed by atoms with E-state index in [2.05, 4.69) is 16.0 Å². The summed E-state index contributed by atoms with van der Waals surface area (Å²) in [4.78, 5) is 14.5. The van der Waals surface area contributed by atoms with Gasteiger partial charge < -0.3 is 24.3 Å². The van der Waals surface area contributed by atoms with Gasteiger partial charge >= 0.3 is 6.03 Å². The number of hydrogen-bond acceptors (Lipinski definition) is 3. The first-order valence-corrected chi connectivity index (χ1v) is 7.58. The second kappa shape index (κ2) is 6.24. The molecule has 0 saturated heterocycles. The summed E-state index contributed by atoms with van der Waals surface area (Å²) < 4.78 is 12.7. The van der Waals surface area contributed by atoms with Crippen molar-refractivity contribution in [3.05, 3.63) is 42.2 Å². The second-order valence-corrected chi connectivity index (χ2v) is 5.49. The van der Waals surface area contributed by atoms with Gasteiger partial charge in [0, 0.05) is 31.0 Å². The minimum Gasteiger partial charge on any atom is -0.497 e. The number of carbonyl (C=O) groups excluding carboxylic acids is 1. The topological polar surface area (TPSA) is 55.7 Å². The highest BCUT2D eigenvalue weighted by atomic mass is 16.5. The standard InChI is InChI=1S/C17H21N3O3/c1-12-15-5-4-8-19(15)9-10-20(12)17(21)18-14-11-13(22-2)6-7-16(14)23-3/h4-8,11-12H,9-10H2,1-3H3,(H,18,21). The molecule has 1 N–H and O–H groups in total. The van der Waals surface area contributed by atoms with Crippen LogP contribution in [-0.4, -0.2) is 36.3 Å².